The zero-order chi connectivity index (χ0) is 24.5. The van der Waals surface area contributed by atoms with Crippen LogP contribution in [0.15, 0.2) is 72.8 Å². The fourth-order valence-electron chi connectivity index (χ4n) is 4.03. The Morgan fingerprint density at radius 2 is 1.68 bits per heavy atom. The van der Waals surface area contributed by atoms with E-state index in [9.17, 15) is 19.5 Å². The van der Waals surface area contributed by atoms with Gasteiger partial charge in [-0.25, -0.2) is 0 Å². The lowest BCUT2D eigenvalue weighted by molar-refractivity contribution is -0.139. The number of aldehydes is 1. The van der Waals surface area contributed by atoms with E-state index in [0.717, 1.165) is 17.1 Å². The van der Waals surface area contributed by atoms with Gasteiger partial charge in [0.1, 0.15) is 18.4 Å². The van der Waals surface area contributed by atoms with Gasteiger partial charge in [0.05, 0.1) is 0 Å². The smallest absolute Gasteiger partial charge is 0.251 e. The van der Waals surface area contributed by atoms with Crippen molar-refractivity contribution in [2.24, 2.45) is 5.92 Å². The molecule has 2 N–H and O–H groups in total. The monoisotopic (exact) mass is 460 g/mol. The summed E-state index contributed by atoms with van der Waals surface area (Å²) >= 11 is 0. The number of nitrogens with one attached hydrogen (secondary N) is 1. The Hall–Kier alpha value is -3.51. The Morgan fingerprint density at radius 1 is 1.00 bits per heavy atom. The third kappa shape index (κ3) is 5.88. The molecule has 2 amide bonds. The predicted molar refractivity (Wildman–Crippen MR) is 133 cm³/mol. The van der Waals surface area contributed by atoms with Gasteiger partial charge >= 0.3 is 0 Å². The van der Waals surface area contributed by atoms with E-state index < -0.39 is 12.1 Å². The minimum Gasteiger partial charge on any atom is -0.396 e. The Balaban J connectivity index is 1.90. The fourth-order valence-corrected chi connectivity index (χ4v) is 4.03. The second kappa shape index (κ2) is 12.1. The van der Waals surface area contributed by atoms with Crippen molar-refractivity contribution in [2.75, 3.05) is 13.2 Å². The van der Waals surface area contributed by atoms with E-state index >= 15 is 0 Å². The zero-order valence-corrected chi connectivity index (χ0v) is 19.7. The highest BCUT2D eigenvalue weighted by Gasteiger charge is 2.34. The first-order valence-electron chi connectivity index (χ1n) is 11.7. The summed E-state index contributed by atoms with van der Waals surface area (Å²) in [6.07, 6.45) is 1.73. The van der Waals surface area contributed by atoms with Crippen LogP contribution in [-0.2, 0) is 9.59 Å². The molecule has 3 atom stereocenters. The SMILES string of the molecule is CCC(C)C(NC(=O)c1ccc2ccccc2c1)C(=O)N(CCCO)C(C=O)c1ccccc1. The molecule has 0 radical (unpaired) electrons. The van der Waals surface area contributed by atoms with E-state index in [1.54, 1.807) is 18.2 Å². The number of hydrogen-bond donors (Lipinski definition) is 2. The summed E-state index contributed by atoms with van der Waals surface area (Å²) in [5, 5.41) is 14.3. The van der Waals surface area contributed by atoms with Crippen molar-refractivity contribution >= 4 is 28.9 Å². The minimum atomic E-state index is -0.811. The van der Waals surface area contributed by atoms with Crippen LogP contribution < -0.4 is 5.32 Å². The molecular formula is C28H32N2O4. The minimum absolute atomic E-state index is 0.110. The lowest BCUT2D eigenvalue weighted by atomic mass is 9.95. The first kappa shape index (κ1) is 25.1. The summed E-state index contributed by atoms with van der Waals surface area (Å²) < 4.78 is 0. The summed E-state index contributed by atoms with van der Waals surface area (Å²) in [5.41, 5.74) is 1.16. The third-order valence-electron chi connectivity index (χ3n) is 6.22. The molecule has 0 saturated carbocycles. The molecule has 0 aliphatic heterocycles. The van der Waals surface area contributed by atoms with Gasteiger partial charge in [-0.3, -0.25) is 9.59 Å². The molecule has 3 aromatic carbocycles. The lowest BCUT2D eigenvalue weighted by Crippen LogP contribution is -2.53. The van der Waals surface area contributed by atoms with Crippen LogP contribution in [0, 0.1) is 5.92 Å². The normalized spacial score (nSPS) is 13.6. The predicted octanol–water partition coefficient (Wildman–Crippen LogP) is 4.14. The van der Waals surface area contributed by atoms with Crippen LogP contribution in [0.3, 0.4) is 0 Å². The van der Waals surface area contributed by atoms with Crippen molar-refractivity contribution in [2.45, 2.75) is 38.8 Å². The highest BCUT2D eigenvalue weighted by atomic mass is 16.3. The van der Waals surface area contributed by atoms with Crippen LogP contribution in [0.5, 0.6) is 0 Å². The van der Waals surface area contributed by atoms with Crippen LogP contribution in [0.25, 0.3) is 10.8 Å². The van der Waals surface area contributed by atoms with Crippen LogP contribution in [0.2, 0.25) is 0 Å². The average molecular weight is 461 g/mol. The van der Waals surface area contributed by atoms with Gasteiger partial charge in [0, 0.05) is 18.7 Å². The second-order valence-electron chi connectivity index (χ2n) is 8.50. The largest absolute Gasteiger partial charge is 0.396 e. The zero-order valence-electron chi connectivity index (χ0n) is 19.7. The second-order valence-corrected chi connectivity index (χ2v) is 8.50. The molecule has 0 fully saturated rings. The van der Waals surface area contributed by atoms with Crippen molar-refractivity contribution in [3.8, 4) is 0 Å². The molecule has 3 rings (SSSR count). The van der Waals surface area contributed by atoms with Crippen molar-refractivity contribution < 1.29 is 19.5 Å². The highest BCUT2D eigenvalue weighted by molar-refractivity contribution is 6.01. The van der Waals surface area contributed by atoms with Crippen molar-refractivity contribution in [3.05, 3.63) is 83.9 Å². The number of aliphatic hydroxyl groups excluding tert-OH is 1. The van der Waals surface area contributed by atoms with Gasteiger partial charge in [-0.2, -0.15) is 0 Å². The average Bonchev–Trinajstić information content (AvgIpc) is 2.88. The van der Waals surface area contributed by atoms with E-state index in [1.807, 2.05) is 68.4 Å². The Labute approximate surface area is 200 Å². The Bertz CT molecular complexity index is 1120. The molecule has 0 aliphatic rings. The molecule has 34 heavy (non-hydrogen) atoms. The molecule has 178 valence electrons. The summed E-state index contributed by atoms with van der Waals surface area (Å²) in [5.74, 6) is -0.830. The molecule has 3 unspecified atom stereocenters. The molecule has 0 aliphatic carbocycles. The maximum absolute atomic E-state index is 13.8. The van der Waals surface area contributed by atoms with Gasteiger partial charge in [0.15, 0.2) is 0 Å². The van der Waals surface area contributed by atoms with E-state index in [4.69, 9.17) is 0 Å². The molecule has 0 aromatic heterocycles. The lowest BCUT2D eigenvalue weighted by Gasteiger charge is -2.34. The third-order valence-corrected chi connectivity index (χ3v) is 6.22. The molecule has 6 nitrogen and oxygen atoms in total. The Kier molecular flexibility index (Phi) is 8.93. The number of nitrogens with zero attached hydrogens (tertiary/aromatic N) is 1. The van der Waals surface area contributed by atoms with Gasteiger partial charge in [-0.05, 0) is 40.8 Å². The van der Waals surface area contributed by atoms with Gasteiger partial charge in [0.25, 0.3) is 5.91 Å². The highest BCUT2D eigenvalue weighted by Crippen LogP contribution is 2.23. The molecular weight excluding hydrogens is 428 g/mol. The molecule has 0 bridgehead atoms. The Morgan fingerprint density at radius 3 is 2.32 bits per heavy atom. The maximum atomic E-state index is 13.8. The number of fused-ring (bicyclic) bond motifs is 1. The molecule has 6 heteroatoms. The van der Waals surface area contributed by atoms with Crippen molar-refractivity contribution in [1.82, 2.24) is 10.2 Å². The number of carbonyl (C=O) groups is 3. The number of aliphatic hydroxyl groups is 1. The standard InChI is InChI=1S/C28H32N2O4/c1-3-20(2)26(29-27(33)24-15-14-21-10-7-8-13-23(21)18-24)28(34)30(16-9-17-31)25(19-32)22-11-5-4-6-12-22/h4-8,10-15,18-20,25-26,31H,3,9,16-17H2,1-2H3,(H,29,33). The summed E-state index contributed by atoms with van der Waals surface area (Å²) in [4.78, 5) is 40.5. The van der Waals surface area contributed by atoms with E-state index in [-0.39, 0.29) is 30.9 Å². The maximum Gasteiger partial charge on any atom is 0.251 e. The topological polar surface area (TPSA) is 86.7 Å². The van der Waals surface area contributed by atoms with Gasteiger partial charge in [-0.15, -0.1) is 0 Å². The first-order chi connectivity index (χ1) is 16.5. The van der Waals surface area contributed by atoms with Crippen LogP contribution in [0.4, 0.5) is 0 Å². The van der Waals surface area contributed by atoms with Crippen molar-refractivity contribution in [3.63, 3.8) is 0 Å². The molecule has 3 aromatic rings. The van der Waals surface area contributed by atoms with E-state index in [1.165, 1.54) is 4.90 Å². The number of hydrogen-bond acceptors (Lipinski definition) is 4. The van der Waals surface area contributed by atoms with Crippen LogP contribution >= 0.6 is 0 Å². The number of carbonyl (C=O) groups excluding carboxylic acids is 3. The number of amides is 2. The molecule has 0 heterocycles. The molecule has 0 spiro atoms. The fraction of sp³-hybridized carbons (Fsp3) is 0.321. The van der Waals surface area contributed by atoms with Crippen molar-refractivity contribution in [1.29, 1.82) is 0 Å². The van der Waals surface area contributed by atoms with Gasteiger partial charge in [-0.1, -0.05) is 80.9 Å². The summed E-state index contributed by atoms with van der Waals surface area (Å²) in [7, 11) is 0. The first-order valence-corrected chi connectivity index (χ1v) is 11.7. The van der Waals surface area contributed by atoms with Crippen LogP contribution in [-0.4, -0.2) is 47.3 Å². The quantitative estimate of drug-likeness (QED) is 0.421. The number of rotatable bonds is 11. The van der Waals surface area contributed by atoms with E-state index in [2.05, 4.69) is 5.32 Å². The summed E-state index contributed by atoms with van der Waals surface area (Å²) in [6, 6.07) is 20.7. The van der Waals surface area contributed by atoms with Crippen LogP contribution in [0.1, 0.15) is 48.7 Å². The van der Waals surface area contributed by atoms with Gasteiger partial charge in [0.2, 0.25) is 5.91 Å². The summed E-state index contributed by atoms with van der Waals surface area (Å²) in [6.45, 7) is 3.96. The molecule has 0 saturated heterocycles. The van der Waals surface area contributed by atoms with Gasteiger partial charge < -0.3 is 20.1 Å². The van der Waals surface area contributed by atoms with E-state index in [0.29, 0.717) is 24.0 Å². The number of benzene rings is 3.